The van der Waals surface area contributed by atoms with Crippen LogP contribution in [0.15, 0.2) is 76.0 Å². The second-order valence-electron chi connectivity index (χ2n) is 8.87. The van der Waals surface area contributed by atoms with Crippen molar-refractivity contribution in [2.45, 2.75) is 39.7 Å². The van der Waals surface area contributed by atoms with Crippen LogP contribution in [0.4, 0.5) is 11.4 Å². The van der Waals surface area contributed by atoms with E-state index < -0.39 is 6.04 Å². The van der Waals surface area contributed by atoms with Gasteiger partial charge in [-0.05, 0) is 66.4 Å². The Morgan fingerprint density at radius 1 is 1.03 bits per heavy atom. The minimum Gasteiger partial charge on any atom is -0.505 e. The van der Waals surface area contributed by atoms with Gasteiger partial charge in [-0.1, -0.05) is 49.7 Å². The lowest BCUT2D eigenvalue weighted by Crippen LogP contribution is -2.30. The van der Waals surface area contributed by atoms with Gasteiger partial charge in [0.15, 0.2) is 11.8 Å². The number of carbonyl (C=O) groups excluding carboxylic acids is 1. The van der Waals surface area contributed by atoms with Crippen LogP contribution in [-0.4, -0.2) is 43.4 Å². The summed E-state index contributed by atoms with van der Waals surface area (Å²) in [6.07, 6.45) is 1.43. The maximum Gasteiger partial charge on any atom is 0.280 e. The monoisotopic (exact) mass is 494 g/mol. The van der Waals surface area contributed by atoms with Crippen molar-refractivity contribution in [2.24, 2.45) is 15.3 Å². The summed E-state index contributed by atoms with van der Waals surface area (Å²) in [6, 6.07) is 17.6. The summed E-state index contributed by atoms with van der Waals surface area (Å²) in [5, 5.41) is 39.7. The largest absolute Gasteiger partial charge is 0.505 e. The number of carbonyl (C=O) groups is 1. The Kier molecular flexibility index (Phi) is 6.55. The van der Waals surface area contributed by atoms with Gasteiger partial charge in [-0.2, -0.15) is 25.6 Å². The number of hydrogen-bond acceptors (Lipinski definition) is 8. The molecule has 0 saturated heterocycles. The number of aromatic nitrogens is 4. The topological polar surface area (TPSA) is 132 Å². The average molecular weight is 495 g/mol. The van der Waals surface area contributed by atoms with Crippen molar-refractivity contribution in [3.05, 3.63) is 71.8 Å². The number of amides is 1. The van der Waals surface area contributed by atoms with Crippen LogP contribution < -0.4 is 5.01 Å². The van der Waals surface area contributed by atoms with Crippen LogP contribution in [-0.2, 0) is 4.79 Å². The molecule has 0 aliphatic carbocycles. The number of hydrogen-bond donors (Lipinski definition) is 2. The molecule has 186 valence electrons. The lowest BCUT2D eigenvalue weighted by Gasteiger charge is -2.14. The zero-order valence-corrected chi connectivity index (χ0v) is 20.8. The van der Waals surface area contributed by atoms with Gasteiger partial charge in [-0.25, -0.2) is 0 Å². The number of phenolic OH excluding ortho intramolecular Hbond substituents is 1. The molecule has 0 spiro atoms. The molecule has 0 fully saturated rings. The molecule has 10 nitrogen and oxygen atoms in total. The maximum atomic E-state index is 13.3. The minimum absolute atomic E-state index is 0.0399. The molecule has 1 atom stereocenters. The summed E-state index contributed by atoms with van der Waals surface area (Å²) in [5.74, 6) is 0.147. The normalized spacial score (nSPS) is 15.5. The van der Waals surface area contributed by atoms with E-state index in [9.17, 15) is 9.90 Å². The van der Waals surface area contributed by atoms with E-state index >= 15 is 0 Å². The number of hydrazone groups is 1. The van der Waals surface area contributed by atoms with E-state index in [0.29, 0.717) is 29.2 Å². The van der Waals surface area contributed by atoms with E-state index in [1.165, 1.54) is 5.01 Å². The van der Waals surface area contributed by atoms with Crippen molar-refractivity contribution in [3.63, 3.8) is 0 Å². The predicted octanol–water partition coefficient (Wildman–Crippen LogP) is 5.51. The molecular weight excluding hydrogens is 468 g/mol. The number of rotatable bonds is 7. The molecule has 0 bridgehead atoms. The highest BCUT2D eigenvalue weighted by molar-refractivity contribution is 6.19. The number of tetrazole rings is 1. The van der Waals surface area contributed by atoms with Crippen molar-refractivity contribution in [1.82, 2.24) is 20.6 Å². The van der Waals surface area contributed by atoms with Gasteiger partial charge >= 0.3 is 0 Å². The molecule has 4 aromatic rings. The smallest absolute Gasteiger partial charge is 0.280 e. The second-order valence-corrected chi connectivity index (χ2v) is 8.87. The van der Waals surface area contributed by atoms with Gasteiger partial charge in [0, 0.05) is 11.1 Å². The Balaban J connectivity index is 1.44. The van der Waals surface area contributed by atoms with Crippen LogP contribution >= 0.6 is 0 Å². The summed E-state index contributed by atoms with van der Waals surface area (Å²) in [7, 11) is 0. The van der Waals surface area contributed by atoms with E-state index in [1.54, 1.807) is 18.2 Å². The third kappa shape index (κ3) is 4.73. The summed E-state index contributed by atoms with van der Waals surface area (Å²) < 4.78 is 0. The summed E-state index contributed by atoms with van der Waals surface area (Å²) in [5.41, 5.74) is 5.90. The highest BCUT2D eigenvalue weighted by Gasteiger charge is 2.36. The quantitative estimate of drug-likeness (QED) is 0.327. The molecule has 1 aliphatic rings. The fourth-order valence-corrected chi connectivity index (χ4v) is 4.17. The second kappa shape index (κ2) is 10.1. The van der Waals surface area contributed by atoms with Crippen LogP contribution in [0.2, 0.25) is 0 Å². The number of aryl methyl sites for hydroxylation is 2. The van der Waals surface area contributed by atoms with Gasteiger partial charge in [-0.15, -0.1) is 10.2 Å². The van der Waals surface area contributed by atoms with E-state index in [2.05, 4.69) is 36.0 Å². The SMILES string of the molecule is CCCC1=NN(c2ccc(C)c(C)c2)C(=O)C1N=Nc1cccc(-c2cccc(-c3nn[nH]n3)c2)c1O. The van der Waals surface area contributed by atoms with E-state index in [-0.39, 0.29) is 17.3 Å². The van der Waals surface area contributed by atoms with Crippen LogP contribution in [0, 0.1) is 13.8 Å². The number of azo groups is 1. The first-order chi connectivity index (χ1) is 18.0. The van der Waals surface area contributed by atoms with Crippen molar-refractivity contribution < 1.29 is 9.90 Å². The fourth-order valence-electron chi connectivity index (χ4n) is 4.17. The maximum absolute atomic E-state index is 13.3. The molecule has 1 amide bonds. The van der Waals surface area contributed by atoms with Crippen LogP contribution in [0.3, 0.4) is 0 Å². The highest BCUT2D eigenvalue weighted by atomic mass is 16.3. The van der Waals surface area contributed by atoms with Crippen molar-refractivity contribution in [3.8, 4) is 28.3 Å². The van der Waals surface area contributed by atoms with Gasteiger partial charge < -0.3 is 5.11 Å². The molecule has 3 aromatic carbocycles. The molecule has 1 aromatic heterocycles. The molecule has 37 heavy (non-hydrogen) atoms. The molecule has 1 unspecified atom stereocenters. The lowest BCUT2D eigenvalue weighted by molar-refractivity contribution is -0.117. The van der Waals surface area contributed by atoms with E-state index in [1.807, 2.05) is 63.2 Å². The third-order valence-electron chi connectivity index (χ3n) is 6.30. The van der Waals surface area contributed by atoms with Crippen molar-refractivity contribution >= 4 is 23.0 Å². The number of aromatic amines is 1. The molecule has 0 saturated carbocycles. The standard InChI is InChI=1S/C27H26N8O2/c1-4-7-22-24(27(37)35(32-22)20-13-12-16(2)17(3)14-20)29-28-23-11-6-10-21(25(23)36)18-8-5-9-19(15-18)26-30-33-34-31-26/h5-6,8-15,24,36H,4,7H2,1-3H3,(H,30,31,33,34). The Morgan fingerprint density at radius 2 is 1.84 bits per heavy atom. The average Bonchev–Trinajstić information content (AvgIpc) is 3.54. The van der Waals surface area contributed by atoms with E-state index in [4.69, 9.17) is 0 Å². The molecule has 10 heteroatoms. The van der Waals surface area contributed by atoms with Crippen molar-refractivity contribution in [1.29, 1.82) is 0 Å². The zero-order valence-electron chi connectivity index (χ0n) is 20.8. The first-order valence-electron chi connectivity index (χ1n) is 12.0. The first kappa shape index (κ1) is 24.0. The molecule has 2 heterocycles. The predicted molar refractivity (Wildman–Crippen MR) is 141 cm³/mol. The minimum atomic E-state index is -0.841. The van der Waals surface area contributed by atoms with Gasteiger partial charge in [0.05, 0.1) is 11.4 Å². The Morgan fingerprint density at radius 3 is 2.59 bits per heavy atom. The fraction of sp³-hybridized carbons (Fsp3) is 0.222. The zero-order chi connectivity index (χ0) is 25.9. The van der Waals surface area contributed by atoms with Gasteiger partial charge in [-0.3, -0.25) is 4.79 Å². The van der Waals surface area contributed by atoms with Crippen molar-refractivity contribution in [2.75, 3.05) is 5.01 Å². The number of benzene rings is 3. The van der Waals surface area contributed by atoms with Crippen LogP contribution in [0.1, 0.15) is 30.9 Å². The summed E-state index contributed by atoms with van der Waals surface area (Å²) >= 11 is 0. The van der Waals surface area contributed by atoms with Crippen LogP contribution in [0.5, 0.6) is 5.75 Å². The Bertz CT molecular complexity index is 1510. The third-order valence-corrected chi connectivity index (χ3v) is 6.30. The summed E-state index contributed by atoms with van der Waals surface area (Å²) in [4.78, 5) is 13.3. The number of nitrogens with one attached hydrogen (secondary N) is 1. The van der Waals surface area contributed by atoms with Gasteiger partial charge in [0.1, 0.15) is 5.69 Å². The number of H-pyrrole nitrogens is 1. The lowest BCUT2D eigenvalue weighted by atomic mass is 10.0. The van der Waals surface area contributed by atoms with E-state index in [0.717, 1.165) is 28.7 Å². The number of aromatic hydroxyl groups is 1. The Labute approximate surface area is 213 Å². The number of para-hydroxylation sites is 1. The molecule has 0 radical (unpaired) electrons. The van der Waals surface area contributed by atoms with Gasteiger partial charge in [0.25, 0.3) is 5.91 Å². The number of anilines is 1. The highest BCUT2D eigenvalue weighted by Crippen LogP contribution is 2.38. The molecule has 2 N–H and O–H groups in total. The van der Waals surface area contributed by atoms with Gasteiger partial charge in [0.2, 0.25) is 5.82 Å². The molecular formula is C27H26N8O2. The number of nitrogens with zero attached hydrogens (tertiary/aromatic N) is 7. The number of phenols is 1. The first-order valence-corrected chi connectivity index (χ1v) is 12.0. The molecule has 5 rings (SSSR count). The Hall–Kier alpha value is -4.73. The molecule has 1 aliphatic heterocycles. The summed E-state index contributed by atoms with van der Waals surface area (Å²) in [6.45, 7) is 6.05. The van der Waals surface area contributed by atoms with Crippen LogP contribution in [0.25, 0.3) is 22.5 Å².